The fraction of sp³-hybridized carbons (Fsp3) is 0.667. The minimum atomic E-state index is 0.629. The largest absolute Gasteiger partial charge is 0.379 e. The van der Waals surface area contributed by atoms with Gasteiger partial charge in [0.15, 0.2) is 5.96 Å². The van der Waals surface area contributed by atoms with E-state index >= 15 is 0 Å². The molecular weight excluding hydrogens is 370 g/mol. The molecule has 0 radical (unpaired) electrons. The molecule has 0 saturated carbocycles. The number of morpholine rings is 1. The Hall–Kier alpha value is -1.44. The van der Waals surface area contributed by atoms with E-state index in [1.54, 1.807) is 0 Å². The van der Waals surface area contributed by atoms with E-state index in [-0.39, 0.29) is 0 Å². The lowest BCUT2D eigenvalue weighted by atomic mass is 10.2. The van der Waals surface area contributed by atoms with Gasteiger partial charge in [-0.1, -0.05) is 12.1 Å². The van der Waals surface area contributed by atoms with Gasteiger partial charge >= 0.3 is 0 Å². The predicted molar refractivity (Wildman–Crippen MR) is 119 cm³/mol. The van der Waals surface area contributed by atoms with Crippen LogP contribution in [-0.4, -0.2) is 92.8 Å². The number of hydrogen-bond donors (Lipinski definition) is 1. The molecule has 0 amide bonds. The maximum Gasteiger partial charge on any atom is 0.193 e. The average Bonchev–Trinajstić information content (AvgIpc) is 3.26. The van der Waals surface area contributed by atoms with Crippen LogP contribution in [0.3, 0.4) is 0 Å². The van der Waals surface area contributed by atoms with Gasteiger partial charge in [0.1, 0.15) is 0 Å². The summed E-state index contributed by atoms with van der Waals surface area (Å²) in [4.78, 5) is 12.0. The fourth-order valence-electron chi connectivity index (χ4n) is 4.33. The van der Waals surface area contributed by atoms with Crippen LogP contribution in [0.5, 0.6) is 0 Å². The molecule has 1 atom stereocenters. The Labute approximate surface area is 173 Å². The number of rotatable bonds is 4. The number of anilines is 1. The smallest absolute Gasteiger partial charge is 0.193 e. The number of benzene rings is 1. The van der Waals surface area contributed by atoms with Gasteiger partial charge in [0.25, 0.3) is 0 Å². The highest BCUT2D eigenvalue weighted by Gasteiger charge is 2.30. The van der Waals surface area contributed by atoms with Crippen LogP contribution in [0.4, 0.5) is 5.69 Å². The minimum absolute atomic E-state index is 0.629. The number of aliphatic imine (C=N–C) groups is 1. The SMILES string of the molecule is CN=C(NCc1ccc(N2CCSCC2)cc1)N1CCC(N2CCOCC2)C1. The van der Waals surface area contributed by atoms with Gasteiger partial charge in [-0.25, -0.2) is 0 Å². The van der Waals surface area contributed by atoms with Crippen molar-refractivity contribution in [3.05, 3.63) is 29.8 Å². The van der Waals surface area contributed by atoms with Crippen LogP contribution in [0.1, 0.15) is 12.0 Å². The van der Waals surface area contributed by atoms with Crippen LogP contribution < -0.4 is 10.2 Å². The number of guanidine groups is 1. The second-order valence-corrected chi connectivity index (χ2v) is 8.93. The van der Waals surface area contributed by atoms with E-state index in [9.17, 15) is 0 Å². The number of nitrogens with zero attached hydrogens (tertiary/aromatic N) is 4. The predicted octanol–water partition coefficient (Wildman–Crippen LogP) is 1.72. The standard InChI is InChI=1S/C21H33N5OS/c1-22-21(26-7-6-20(17-26)24-8-12-27-13-9-24)23-16-18-2-4-19(5-3-18)25-10-14-28-15-11-25/h2-5,20H,6-17H2,1H3,(H,22,23). The van der Waals surface area contributed by atoms with Crippen molar-refractivity contribution in [2.24, 2.45) is 4.99 Å². The molecule has 7 heteroatoms. The van der Waals surface area contributed by atoms with Gasteiger partial charge in [0.05, 0.1) is 13.2 Å². The summed E-state index contributed by atoms with van der Waals surface area (Å²) in [6, 6.07) is 9.65. The molecule has 3 heterocycles. The first-order chi connectivity index (χ1) is 13.8. The molecule has 4 rings (SSSR count). The van der Waals surface area contributed by atoms with Crippen LogP contribution in [-0.2, 0) is 11.3 Å². The van der Waals surface area contributed by atoms with Gasteiger partial charge in [0, 0.05) is 76.1 Å². The lowest BCUT2D eigenvalue weighted by molar-refractivity contribution is 0.0195. The zero-order valence-corrected chi connectivity index (χ0v) is 17.8. The molecule has 0 bridgehead atoms. The molecule has 0 spiro atoms. The number of hydrogen-bond acceptors (Lipinski definition) is 5. The Kier molecular flexibility index (Phi) is 6.99. The molecule has 28 heavy (non-hydrogen) atoms. The van der Waals surface area contributed by atoms with E-state index in [1.807, 2.05) is 7.05 Å². The normalized spacial score (nSPS) is 24.6. The van der Waals surface area contributed by atoms with Gasteiger partial charge in [-0.15, -0.1) is 0 Å². The van der Waals surface area contributed by atoms with Crippen molar-refractivity contribution >= 4 is 23.4 Å². The maximum absolute atomic E-state index is 5.49. The van der Waals surface area contributed by atoms with Crippen LogP contribution in [0.2, 0.25) is 0 Å². The summed E-state index contributed by atoms with van der Waals surface area (Å²) in [5.74, 6) is 3.50. The zero-order chi connectivity index (χ0) is 19.2. The monoisotopic (exact) mass is 403 g/mol. The van der Waals surface area contributed by atoms with Crippen molar-refractivity contribution in [2.45, 2.75) is 19.0 Å². The van der Waals surface area contributed by atoms with Crippen LogP contribution in [0.15, 0.2) is 29.3 Å². The van der Waals surface area contributed by atoms with E-state index in [4.69, 9.17) is 4.74 Å². The number of ether oxygens (including phenoxy) is 1. The molecule has 154 valence electrons. The number of nitrogens with one attached hydrogen (secondary N) is 1. The molecule has 6 nitrogen and oxygen atoms in total. The van der Waals surface area contributed by atoms with Crippen molar-refractivity contribution < 1.29 is 4.74 Å². The summed E-state index contributed by atoms with van der Waals surface area (Å²) in [7, 11) is 1.89. The summed E-state index contributed by atoms with van der Waals surface area (Å²) >= 11 is 2.05. The molecule has 1 N–H and O–H groups in total. The fourth-order valence-corrected chi connectivity index (χ4v) is 5.24. The summed E-state index contributed by atoms with van der Waals surface area (Å²) in [5.41, 5.74) is 2.65. The van der Waals surface area contributed by atoms with Gasteiger partial charge < -0.3 is 19.9 Å². The Morgan fingerprint density at radius 2 is 1.86 bits per heavy atom. The molecule has 3 saturated heterocycles. The van der Waals surface area contributed by atoms with Gasteiger partial charge in [-0.3, -0.25) is 9.89 Å². The van der Waals surface area contributed by atoms with Crippen molar-refractivity contribution in [3.63, 3.8) is 0 Å². The lowest BCUT2D eigenvalue weighted by Gasteiger charge is -2.32. The zero-order valence-electron chi connectivity index (χ0n) is 17.0. The summed E-state index contributed by atoms with van der Waals surface area (Å²) < 4.78 is 5.49. The quantitative estimate of drug-likeness (QED) is 0.610. The summed E-state index contributed by atoms with van der Waals surface area (Å²) in [6.07, 6.45) is 1.21. The topological polar surface area (TPSA) is 43.3 Å². The Balaban J connectivity index is 1.27. The third-order valence-electron chi connectivity index (χ3n) is 6.00. The van der Waals surface area contributed by atoms with E-state index in [2.05, 4.69) is 61.0 Å². The van der Waals surface area contributed by atoms with E-state index < -0.39 is 0 Å². The second-order valence-electron chi connectivity index (χ2n) is 7.70. The first-order valence-electron chi connectivity index (χ1n) is 10.5. The second kappa shape index (κ2) is 9.85. The molecule has 0 aromatic heterocycles. The van der Waals surface area contributed by atoms with Gasteiger partial charge in [0.2, 0.25) is 0 Å². The molecule has 3 fully saturated rings. The van der Waals surface area contributed by atoms with E-state index in [0.29, 0.717) is 6.04 Å². The van der Waals surface area contributed by atoms with Crippen molar-refractivity contribution in [3.8, 4) is 0 Å². The minimum Gasteiger partial charge on any atom is -0.379 e. The van der Waals surface area contributed by atoms with Crippen molar-refractivity contribution in [1.29, 1.82) is 0 Å². The Bertz CT molecular complexity index is 641. The summed E-state index contributed by atoms with van der Waals surface area (Å²) in [6.45, 7) is 9.15. The highest BCUT2D eigenvalue weighted by atomic mass is 32.2. The van der Waals surface area contributed by atoms with Crippen molar-refractivity contribution in [2.75, 3.05) is 75.9 Å². The first kappa shape index (κ1) is 19.9. The number of thioether (sulfide) groups is 1. The molecule has 1 unspecified atom stereocenters. The number of likely N-dealkylation sites (tertiary alicyclic amines) is 1. The van der Waals surface area contributed by atoms with Crippen LogP contribution in [0, 0.1) is 0 Å². The molecular formula is C21H33N5OS. The third kappa shape index (κ3) is 4.93. The average molecular weight is 404 g/mol. The highest BCUT2D eigenvalue weighted by Crippen LogP contribution is 2.20. The molecule has 0 aliphatic carbocycles. The lowest BCUT2D eigenvalue weighted by Crippen LogP contribution is -2.46. The Morgan fingerprint density at radius 3 is 2.57 bits per heavy atom. The summed E-state index contributed by atoms with van der Waals surface area (Å²) in [5, 5.41) is 3.57. The molecule has 3 aliphatic rings. The molecule has 1 aromatic carbocycles. The maximum atomic E-state index is 5.49. The van der Waals surface area contributed by atoms with Gasteiger partial charge in [-0.05, 0) is 24.1 Å². The highest BCUT2D eigenvalue weighted by molar-refractivity contribution is 7.99. The van der Waals surface area contributed by atoms with Crippen molar-refractivity contribution in [1.82, 2.24) is 15.1 Å². The Morgan fingerprint density at radius 1 is 1.11 bits per heavy atom. The van der Waals surface area contributed by atoms with Gasteiger partial charge in [-0.2, -0.15) is 11.8 Å². The van der Waals surface area contributed by atoms with E-state index in [0.717, 1.165) is 65.0 Å². The van der Waals surface area contributed by atoms with Crippen LogP contribution in [0.25, 0.3) is 0 Å². The molecule has 1 aromatic rings. The first-order valence-corrected chi connectivity index (χ1v) is 11.7. The van der Waals surface area contributed by atoms with Crippen LogP contribution >= 0.6 is 11.8 Å². The molecule has 3 aliphatic heterocycles. The third-order valence-corrected chi connectivity index (χ3v) is 6.94. The van der Waals surface area contributed by atoms with E-state index in [1.165, 1.54) is 29.2 Å².